The van der Waals surface area contributed by atoms with Crippen molar-refractivity contribution in [2.45, 2.75) is 26.8 Å². The number of aryl methyl sites for hydroxylation is 2. The molecule has 0 atom stereocenters. The summed E-state index contributed by atoms with van der Waals surface area (Å²) in [6, 6.07) is 3.54. The summed E-state index contributed by atoms with van der Waals surface area (Å²) in [5.41, 5.74) is 2.50. The van der Waals surface area contributed by atoms with Crippen LogP contribution in [-0.4, -0.2) is 27.2 Å². The second-order valence-corrected chi connectivity index (χ2v) is 4.92. The highest BCUT2D eigenvalue weighted by atomic mass is 16.1. The molecule has 2 heterocycles. The Kier molecular flexibility index (Phi) is 4.92. The molecule has 0 fully saturated rings. The third kappa shape index (κ3) is 3.81. The van der Waals surface area contributed by atoms with Gasteiger partial charge >= 0.3 is 0 Å². The van der Waals surface area contributed by atoms with Crippen LogP contribution in [0.25, 0.3) is 0 Å². The Morgan fingerprint density at radius 1 is 1.43 bits per heavy atom. The first kappa shape index (κ1) is 15.0. The minimum atomic E-state index is -0.134. The number of carbonyl (C=O) groups excluding carboxylic acids is 1. The monoisotopic (exact) mass is 287 g/mol. The summed E-state index contributed by atoms with van der Waals surface area (Å²) in [4.78, 5) is 16.5. The quantitative estimate of drug-likeness (QED) is 0.851. The van der Waals surface area contributed by atoms with Gasteiger partial charge in [-0.15, -0.1) is 0 Å². The largest absolute Gasteiger partial charge is 0.369 e. The van der Waals surface area contributed by atoms with E-state index in [0.717, 1.165) is 24.2 Å². The zero-order valence-corrected chi connectivity index (χ0v) is 12.7. The molecule has 21 heavy (non-hydrogen) atoms. The van der Waals surface area contributed by atoms with Gasteiger partial charge in [0.2, 0.25) is 0 Å². The molecule has 2 N–H and O–H groups in total. The lowest BCUT2D eigenvalue weighted by Crippen LogP contribution is -2.24. The molecule has 0 aliphatic rings. The van der Waals surface area contributed by atoms with Crippen LogP contribution in [0.3, 0.4) is 0 Å². The fourth-order valence-corrected chi connectivity index (χ4v) is 2.07. The van der Waals surface area contributed by atoms with Gasteiger partial charge in [0.15, 0.2) is 0 Å². The van der Waals surface area contributed by atoms with E-state index < -0.39 is 0 Å². The number of amides is 1. The lowest BCUT2D eigenvalue weighted by molar-refractivity contribution is 0.0951. The van der Waals surface area contributed by atoms with Gasteiger partial charge in [0, 0.05) is 38.1 Å². The van der Waals surface area contributed by atoms with Crippen LogP contribution in [0.4, 0.5) is 5.82 Å². The molecule has 0 aliphatic heterocycles. The van der Waals surface area contributed by atoms with Gasteiger partial charge in [0.1, 0.15) is 5.82 Å². The second-order valence-electron chi connectivity index (χ2n) is 4.92. The van der Waals surface area contributed by atoms with Gasteiger partial charge in [-0.1, -0.05) is 6.92 Å². The normalized spacial score (nSPS) is 10.4. The molecule has 0 saturated heterocycles. The number of rotatable bonds is 6. The minimum absolute atomic E-state index is 0.134. The highest BCUT2D eigenvalue weighted by Crippen LogP contribution is 2.12. The van der Waals surface area contributed by atoms with E-state index in [2.05, 4.69) is 27.6 Å². The molecule has 0 aliphatic carbocycles. The predicted octanol–water partition coefficient (Wildman–Crippen LogP) is 1.88. The number of aromatic nitrogens is 3. The molecule has 0 spiro atoms. The highest BCUT2D eigenvalue weighted by molar-refractivity contribution is 5.98. The number of pyridine rings is 1. The molecule has 2 rings (SSSR count). The molecular weight excluding hydrogens is 266 g/mol. The van der Waals surface area contributed by atoms with Crippen molar-refractivity contribution in [1.29, 1.82) is 0 Å². The number of carbonyl (C=O) groups is 1. The Morgan fingerprint density at radius 2 is 2.24 bits per heavy atom. The molecule has 0 bridgehead atoms. The molecule has 112 valence electrons. The first-order valence-electron chi connectivity index (χ1n) is 7.08. The van der Waals surface area contributed by atoms with Gasteiger partial charge in [-0.3, -0.25) is 9.48 Å². The van der Waals surface area contributed by atoms with E-state index in [1.165, 1.54) is 0 Å². The van der Waals surface area contributed by atoms with Crippen LogP contribution in [0.15, 0.2) is 24.5 Å². The summed E-state index contributed by atoms with van der Waals surface area (Å²) in [5.74, 6) is 0.490. The zero-order chi connectivity index (χ0) is 15.2. The molecule has 6 nitrogen and oxygen atoms in total. The third-order valence-corrected chi connectivity index (χ3v) is 3.15. The molecule has 6 heteroatoms. The summed E-state index contributed by atoms with van der Waals surface area (Å²) < 4.78 is 1.75. The van der Waals surface area contributed by atoms with E-state index in [-0.39, 0.29) is 5.91 Å². The van der Waals surface area contributed by atoms with Crippen molar-refractivity contribution in [1.82, 2.24) is 20.1 Å². The second kappa shape index (κ2) is 6.88. The standard InChI is InChI=1S/C15H21N5O/c1-4-7-16-14-13(6-5-8-17-14)15(21)18-9-12-10-20(3)19-11(12)2/h5-6,8,10H,4,7,9H2,1-3H3,(H,16,17)(H,18,21). The van der Waals surface area contributed by atoms with Crippen molar-refractivity contribution in [2.75, 3.05) is 11.9 Å². The van der Waals surface area contributed by atoms with Crippen LogP contribution in [0.2, 0.25) is 0 Å². The summed E-state index contributed by atoms with van der Waals surface area (Å²) in [6.07, 6.45) is 4.57. The number of nitrogens with one attached hydrogen (secondary N) is 2. The smallest absolute Gasteiger partial charge is 0.255 e. The van der Waals surface area contributed by atoms with E-state index in [9.17, 15) is 4.79 Å². The van der Waals surface area contributed by atoms with E-state index in [0.29, 0.717) is 17.9 Å². The third-order valence-electron chi connectivity index (χ3n) is 3.15. The SMILES string of the molecule is CCCNc1ncccc1C(=O)NCc1cn(C)nc1C. The number of hydrogen-bond donors (Lipinski definition) is 2. The Bertz CT molecular complexity index is 620. The van der Waals surface area contributed by atoms with Gasteiger partial charge in [-0.2, -0.15) is 5.10 Å². The van der Waals surface area contributed by atoms with Crippen molar-refractivity contribution >= 4 is 11.7 Å². The van der Waals surface area contributed by atoms with Crippen LogP contribution in [-0.2, 0) is 13.6 Å². The maximum Gasteiger partial charge on any atom is 0.255 e. The van der Waals surface area contributed by atoms with Gasteiger partial charge in [0.05, 0.1) is 11.3 Å². The Balaban J connectivity index is 2.05. The van der Waals surface area contributed by atoms with Gasteiger partial charge < -0.3 is 10.6 Å². The zero-order valence-electron chi connectivity index (χ0n) is 12.7. The van der Waals surface area contributed by atoms with Crippen molar-refractivity contribution in [2.24, 2.45) is 7.05 Å². The fraction of sp³-hybridized carbons (Fsp3) is 0.400. The lowest BCUT2D eigenvalue weighted by atomic mass is 10.2. The minimum Gasteiger partial charge on any atom is -0.369 e. The van der Waals surface area contributed by atoms with Crippen LogP contribution < -0.4 is 10.6 Å². The average molecular weight is 287 g/mol. The van der Waals surface area contributed by atoms with Crippen molar-refractivity contribution in [3.05, 3.63) is 41.3 Å². The van der Waals surface area contributed by atoms with Gasteiger partial charge in [0.25, 0.3) is 5.91 Å². The van der Waals surface area contributed by atoms with E-state index in [1.54, 1.807) is 23.0 Å². The van der Waals surface area contributed by atoms with Crippen molar-refractivity contribution in [3.8, 4) is 0 Å². The summed E-state index contributed by atoms with van der Waals surface area (Å²) >= 11 is 0. The first-order chi connectivity index (χ1) is 10.1. The first-order valence-corrected chi connectivity index (χ1v) is 7.08. The maximum atomic E-state index is 12.3. The van der Waals surface area contributed by atoms with Crippen LogP contribution in [0.1, 0.15) is 35.0 Å². The summed E-state index contributed by atoms with van der Waals surface area (Å²) in [5, 5.41) is 10.3. The molecular formula is C15H21N5O. The number of hydrogen-bond acceptors (Lipinski definition) is 4. The Morgan fingerprint density at radius 3 is 2.90 bits per heavy atom. The van der Waals surface area contributed by atoms with Gasteiger partial charge in [-0.25, -0.2) is 4.98 Å². The molecule has 2 aromatic heterocycles. The van der Waals surface area contributed by atoms with E-state index in [1.807, 2.05) is 20.2 Å². The van der Waals surface area contributed by atoms with Crippen LogP contribution >= 0.6 is 0 Å². The highest BCUT2D eigenvalue weighted by Gasteiger charge is 2.12. The Labute approximate surface area is 124 Å². The van der Waals surface area contributed by atoms with Gasteiger partial charge in [-0.05, 0) is 25.5 Å². The Hall–Kier alpha value is -2.37. The van der Waals surface area contributed by atoms with E-state index in [4.69, 9.17) is 0 Å². The van der Waals surface area contributed by atoms with Crippen LogP contribution in [0.5, 0.6) is 0 Å². The number of nitrogens with zero attached hydrogens (tertiary/aromatic N) is 3. The molecule has 0 unspecified atom stereocenters. The summed E-state index contributed by atoms with van der Waals surface area (Å²) in [6.45, 7) is 5.25. The maximum absolute atomic E-state index is 12.3. The summed E-state index contributed by atoms with van der Waals surface area (Å²) in [7, 11) is 1.87. The predicted molar refractivity (Wildman–Crippen MR) is 82.1 cm³/mol. The fourth-order valence-electron chi connectivity index (χ4n) is 2.07. The van der Waals surface area contributed by atoms with Crippen LogP contribution in [0, 0.1) is 6.92 Å². The average Bonchev–Trinajstić information content (AvgIpc) is 2.81. The topological polar surface area (TPSA) is 71.8 Å². The van der Waals surface area contributed by atoms with E-state index >= 15 is 0 Å². The molecule has 0 saturated carbocycles. The molecule has 0 aromatic carbocycles. The lowest BCUT2D eigenvalue weighted by Gasteiger charge is -2.10. The molecule has 0 radical (unpaired) electrons. The molecule has 2 aromatic rings. The number of anilines is 1. The van der Waals surface area contributed by atoms with Crippen molar-refractivity contribution in [3.63, 3.8) is 0 Å². The van der Waals surface area contributed by atoms with Crippen molar-refractivity contribution < 1.29 is 4.79 Å². The molecule has 1 amide bonds.